The minimum atomic E-state index is -0.434. The molecule has 0 N–H and O–H groups in total. The fraction of sp³-hybridized carbons (Fsp3) is 0.250. The van der Waals surface area contributed by atoms with Gasteiger partial charge in [-0.2, -0.15) is 4.98 Å². The van der Waals surface area contributed by atoms with Crippen molar-refractivity contribution in [2.75, 3.05) is 33.5 Å². The van der Waals surface area contributed by atoms with E-state index in [1.807, 2.05) is 30.3 Å². The van der Waals surface area contributed by atoms with Crippen LogP contribution < -0.4 is 5.30 Å². The molecular formula is C20H21N2O5P. The first kappa shape index (κ1) is 20.1. The molecule has 0 fully saturated rings. The second kappa shape index (κ2) is 10.1. The van der Waals surface area contributed by atoms with Crippen LogP contribution in [0.5, 0.6) is 0 Å². The first-order valence-electron chi connectivity index (χ1n) is 8.72. The van der Waals surface area contributed by atoms with E-state index < -0.39 is 5.97 Å². The number of nitrogens with zero attached hydrogens (tertiary/aromatic N) is 2. The average molecular weight is 400 g/mol. The Morgan fingerprint density at radius 1 is 1.07 bits per heavy atom. The smallest absolute Gasteiger partial charge is 0.338 e. The number of aromatic nitrogens is 2. The maximum absolute atomic E-state index is 12.2. The van der Waals surface area contributed by atoms with Crippen LogP contribution in [0.4, 0.5) is 0 Å². The molecule has 8 heteroatoms. The van der Waals surface area contributed by atoms with Gasteiger partial charge in [0.25, 0.3) is 5.89 Å². The fourth-order valence-corrected chi connectivity index (χ4v) is 2.78. The summed E-state index contributed by atoms with van der Waals surface area (Å²) in [6.45, 7) is 1.45. The van der Waals surface area contributed by atoms with Crippen LogP contribution in [0.15, 0.2) is 53.1 Å². The zero-order chi connectivity index (χ0) is 19.8. The van der Waals surface area contributed by atoms with Crippen molar-refractivity contribution in [3.05, 3.63) is 54.1 Å². The Morgan fingerprint density at radius 2 is 1.89 bits per heavy atom. The van der Waals surface area contributed by atoms with Crippen LogP contribution >= 0.6 is 9.24 Å². The Bertz CT molecular complexity index is 928. The maximum Gasteiger partial charge on any atom is 0.338 e. The molecule has 0 aliphatic heterocycles. The van der Waals surface area contributed by atoms with E-state index in [-0.39, 0.29) is 6.61 Å². The van der Waals surface area contributed by atoms with Gasteiger partial charge in [-0.1, -0.05) is 35.5 Å². The van der Waals surface area contributed by atoms with Gasteiger partial charge >= 0.3 is 5.97 Å². The second-order valence-electron chi connectivity index (χ2n) is 5.83. The number of ether oxygens (including phenoxy) is 3. The molecule has 146 valence electrons. The highest BCUT2D eigenvalue weighted by Gasteiger charge is 2.14. The SMILES string of the molecule is COCCOCCOC(=O)c1cccc(-c2noc(-c3ccccc3P)n2)c1. The summed E-state index contributed by atoms with van der Waals surface area (Å²) in [5, 5.41) is 4.99. The van der Waals surface area contributed by atoms with Crippen molar-refractivity contribution in [1.82, 2.24) is 10.1 Å². The Morgan fingerprint density at radius 3 is 2.71 bits per heavy atom. The van der Waals surface area contributed by atoms with E-state index in [9.17, 15) is 4.79 Å². The molecule has 0 spiro atoms. The average Bonchev–Trinajstić information content (AvgIpc) is 3.21. The highest BCUT2D eigenvalue weighted by molar-refractivity contribution is 7.27. The number of carbonyl (C=O) groups is 1. The molecule has 0 saturated heterocycles. The van der Waals surface area contributed by atoms with Crippen LogP contribution in [0.2, 0.25) is 0 Å². The van der Waals surface area contributed by atoms with Crippen molar-refractivity contribution in [3.63, 3.8) is 0 Å². The van der Waals surface area contributed by atoms with Crippen LogP contribution in [0.25, 0.3) is 22.8 Å². The van der Waals surface area contributed by atoms with E-state index in [2.05, 4.69) is 19.4 Å². The van der Waals surface area contributed by atoms with Crippen molar-refractivity contribution in [2.24, 2.45) is 0 Å². The fourth-order valence-electron chi connectivity index (χ4n) is 2.45. The molecule has 1 heterocycles. The third-order valence-electron chi connectivity index (χ3n) is 3.87. The minimum Gasteiger partial charge on any atom is -0.460 e. The summed E-state index contributed by atoms with van der Waals surface area (Å²) in [7, 11) is 4.24. The Balaban J connectivity index is 1.65. The van der Waals surface area contributed by atoms with Crippen LogP contribution in [0, 0.1) is 0 Å². The lowest BCUT2D eigenvalue weighted by Gasteiger charge is -2.06. The molecule has 1 aromatic heterocycles. The molecule has 0 radical (unpaired) electrons. The van der Waals surface area contributed by atoms with Crippen molar-refractivity contribution < 1.29 is 23.5 Å². The summed E-state index contributed by atoms with van der Waals surface area (Å²) >= 11 is 0. The topological polar surface area (TPSA) is 83.7 Å². The van der Waals surface area contributed by atoms with E-state index >= 15 is 0 Å². The molecule has 1 atom stereocenters. The molecule has 0 amide bonds. The number of benzene rings is 2. The lowest BCUT2D eigenvalue weighted by molar-refractivity contribution is 0.0214. The zero-order valence-electron chi connectivity index (χ0n) is 15.5. The van der Waals surface area contributed by atoms with Crippen molar-refractivity contribution >= 4 is 20.5 Å². The quantitative estimate of drug-likeness (QED) is 0.310. The highest BCUT2D eigenvalue weighted by Crippen LogP contribution is 2.23. The molecule has 7 nitrogen and oxygen atoms in total. The van der Waals surface area contributed by atoms with Gasteiger partial charge in [-0.05, 0) is 23.5 Å². The summed E-state index contributed by atoms with van der Waals surface area (Å²) in [5.74, 6) is 0.388. The molecule has 2 aromatic carbocycles. The van der Waals surface area contributed by atoms with E-state index in [0.717, 1.165) is 10.9 Å². The van der Waals surface area contributed by atoms with Crippen LogP contribution in [0.3, 0.4) is 0 Å². The summed E-state index contributed by atoms with van der Waals surface area (Å²) in [5.41, 5.74) is 1.92. The molecular weight excluding hydrogens is 379 g/mol. The van der Waals surface area contributed by atoms with Gasteiger partial charge in [0.05, 0.1) is 25.4 Å². The van der Waals surface area contributed by atoms with E-state index in [1.165, 1.54) is 0 Å². The molecule has 1 unspecified atom stereocenters. The monoisotopic (exact) mass is 400 g/mol. The first-order chi connectivity index (χ1) is 13.7. The Labute approximate surface area is 165 Å². The van der Waals surface area contributed by atoms with Gasteiger partial charge in [-0.25, -0.2) is 4.79 Å². The van der Waals surface area contributed by atoms with Crippen LogP contribution in [-0.4, -0.2) is 49.6 Å². The van der Waals surface area contributed by atoms with Gasteiger partial charge in [0, 0.05) is 18.2 Å². The summed E-state index contributed by atoms with van der Waals surface area (Å²) in [6.07, 6.45) is 0. The first-order valence-corrected chi connectivity index (χ1v) is 9.29. The van der Waals surface area contributed by atoms with Crippen LogP contribution in [0.1, 0.15) is 10.4 Å². The van der Waals surface area contributed by atoms with Gasteiger partial charge in [0.2, 0.25) is 5.82 Å². The highest BCUT2D eigenvalue weighted by atomic mass is 31.0. The summed E-state index contributed by atoms with van der Waals surface area (Å²) in [6, 6.07) is 14.6. The molecule has 0 bridgehead atoms. The van der Waals surface area contributed by atoms with Crippen molar-refractivity contribution in [1.29, 1.82) is 0 Å². The number of hydrogen-bond acceptors (Lipinski definition) is 7. The van der Waals surface area contributed by atoms with Gasteiger partial charge in [0.15, 0.2) is 0 Å². The largest absolute Gasteiger partial charge is 0.460 e. The molecule has 0 aliphatic carbocycles. The number of rotatable bonds is 9. The number of esters is 1. The lowest BCUT2D eigenvalue weighted by Crippen LogP contribution is -2.12. The molecule has 0 saturated carbocycles. The number of methoxy groups -OCH3 is 1. The molecule has 3 rings (SSSR count). The van der Waals surface area contributed by atoms with E-state index in [0.29, 0.717) is 42.7 Å². The summed E-state index contributed by atoms with van der Waals surface area (Å²) in [4.78, 5) is 16.7. The molecule has 28 heavy (non-hydrogen) atoms. The molecule has 0 aliphatic rings. The Kier molecular flexibility index (Phi) is 7.25. The maximum atomic E-state index is 12.2. The predicted octanol–water partition coefficient (Wildman–Crippen LogP) is 2.72. The lowest BCUT2D eigenvalue weighted by atomic mass is 10.1. The van der Waals surface area contributed by atoms with Gasteiger partial charge in [0.1, 0.15) is 6.61 Å². The standard InChI is InChI=1S/C20H21N2O5P/c1-24-9-10-25-11-12-26-20(23)15-6-4-5-14(13-15)18-21-19(27-22-18)16-7-2-3-8-17(16)28/h2-8,13H,9-12,28H2,1H3. The van der Waals surface area contributed by atoms with Gasteiger partial charge in [-0.15, -0.1) is 9.24 Å². The van der Waals surface area contributed by atoms with Crippen molar-refractivity contribution in [2.45, 2.75) is 0 Å². The number of hydrogen-bond donors (Lipinski definition) is 0. The van der Waals surface area contributed by atoms with Crippen molar-refractivity contribution in [3.8, 4) is 22.8 Å². The zero-order valence-corrected chi connectivity index (χ0v) is 16.6. The third-order valence-corrected chi connectivity index (χ3v) is 4.37. The van der Waals surface area contributed by atoms with Gasteiger partial charge < -0.3 is 18.7 Å². The minimum absolute atomic E-state index is 0.171. The molecule has 3 aromatic rings. The third kappa shape index (κ3) is 5.23. The summed E-state index contributed by atoms with van der Waals surface area (Å²) < 4.78 is 20.7. The normalized spacial score (nSPS) is 10.8. The van der Waals surface area contributed by atoms with E-state index in [4.69, 9.17) is 18.7 Å². The van der Waals surface area contributed by atoms with Gasteiger partial charge in [-0.3, -0.25) is 0 Å². The second-order valence-corrected chi connectivity index (χ2v) is 6.45. The Hall–Kier alpha value is -2.60. The van der Waals surface area contributed by atoms with Crippen LogP contribution in [-0.2, 0) is 14.2 Å². The van der Waals surface area contributed by atoms with E-state index in [1.54, 1.807) is 25.3 Å². The number of carbonyl (C=O) groups excluding carboxylic acids is 1. The predicted molar refractivity (Wildman–Crippen MR) is 107 cm³/mol.